The highest BCUT2D eigenvalue weighted by Crippen LogP contribution is 2.07. The Morgan fingerprint density at radius 1 is 1.16 bits per heavy atom. The Kier molecular flexibility index (Phi) is 9.51. The van der Waals surface area contributed by atoms with Crippen LogP contribution in [0.25, 0.3) is 0 Å². The van der Waals surface area contributed by atoms with Crippen LogP contribution in [0, 0.1) is 6.92 Å². The molecule has 1 aromatic heterocycles. The van der Waals surface area contributed by atoms with Crippen molar-refractivity contribution >= 4 is 47.2 Å². The van der Waals surface area contributed by atoms with Crippen molar-refractivity contribution in [2.45, 2.75) is 20.0 Å². The summed E-state index contributed by atoms with van der Waals surface area (Å²) in [7, 11) is 3.48. The van der Waals surface area contributed by atoms with Crippen molar-refractivity contribution in [3.8, 4) is 0 Å². The molecular formula is C18H25IN4OS. The Hall–Kier alpha value is -1.61. The number of nitrogens with one attached hydrogen (secondary N) is 2. The summed E-state index contributed by atoms with van der Waals surface area (Å²) >= 11 is 1.69. The van der Waals surface area contributed by atoms with Gasteiger partial charge in [-0.2, -0.15) is 0 Å². The van der Waals surface area contributed by atoms with Gasteiger partial charge in [-0.05, 0) is 23.9 Å². The van der Waals surface area contributed by atoms with E-state index in [0.29, 0.717) is 19.0 Å². The number of carbonyl (C=O) groups excluding carboxylic acids is 1. The van der Waals surface area contributed by atoms with Crippen LogP contribution in [0.1, 0.15) is 16.0 Å². The molecule has 0 atom stereocenters. The Balaban J connectivity index is 0.00000312. The van der Waals surface area contributed by atoms with E-state index in [9.17, 15) is 4.79 Å². The number of thiophene rings is 1. The maximum atomic E-state index is 11.8. The largest absolute Gasteiger partial charge is 0.351 e. The first-order chi connectivity index (χ1) is 11.5. The predicted octanol–water partition coefficient (Wildman–Crippen LogP) is 3.00. The number of aliphatic imine (C=N–C) groups is 1. The van der Waals surface area contributed by atoms with Crippen molar-refractivity contribution in [1.29, 1.82) is 0 Å². The van der Waals surface area contributed by atoms with E-state index in [2.05, 4.69) is 52.9 Å². The quantitative estimate of drug-likeness (QED) is 0.386. The number of rotatable bonds is 6. The van der Waals surface area contributed by atoms with E-state index in [-0.39, 0.29) is 36.4 Å². The van der Waals surface area contributed by atoms with E-state index in [1.807, 2.05) is 11.4 Å². The van der Waals surface area contributed by atoms with E-state index in [1.54, 1.807) is 30.3 Å². The van der Waals surface area contributed by atoms with Gasteiger partial charge in [0.2, 0.25) is 5.91 Å². The summed E-state index contributed by atoms with van der Waals surface area (Å²) in [5.74, 6) is 0.648. The minimum absolute atomic E-state index is 0. The predicted molar refractivity (Wildman–Crippen MR) is 116 cm³/mol. The zero-order valence-corrected chi connectivity index (χ0v) is 17.9. The molecule has 136 valence electrons. The highest BCUT2D eigenvalue weighted by atomic mass is 127. The summed E-state index contributed by atoms with van der Waals surface area (Å²) < 4.78 is 0. The lowest BCUT2D eigenvalue weighted by atomic mass is 10.1. The van der Waals surface area contributed by atoms with Gasteiger partial charge in [0.25, 0.3) is 0 Å². The van der Waals surface area contributed by atoms with Crippen LogP contribution in [0.15, 0.2) is 46.8 Å². The Labute approximate surface area is 170 Å². The summed E-state index contributed by atoms with van der Waals surface area (Å²) in [6, 6.07) is 12.4. The summed E-state index contributed by atoms with van der Waals surface area (Å²) in [6.45, 7) is 3.54. The van der Waals surface area contributed by atoms with E-state index in [0.717, 1.165) is 5.56 Å². The van der Waals surface area contributed by atoms with Crippen LogP contribution < -0.4 is 10.6 Å². The normalized spacial score (nSPS) is 10.8. The van der Waals surface area contributed by atoms with Gasteiger partial charge >= 0.3 is 0 Å². The number of benzene rings is 1. The van der Waals surface area contributed by atoms with Crippen LogP contribution in [-0.4, -0.2) is 37.4 Å². The van der Waals surface area contributed by atoms with Crippen LogP contribution in [0.2, 0.25) is 0 Å². The van der Waals surface area contributed by atoms with Crippen LogP contribution in [0.3, 0.4) is 0 Å². The van der Waals surface area contributed by atoms with Gasteiger partial charge in [-0.25, -0.2) is 4.99 Å². The molecule has 1 amide bonds. The fourth-order valence-electron chi connectivity index (χ4n) is 1.94. The molecule has 0 fully saturated rings. The molecular weight excluding hydrogens is 447 g/mol. The molecule has 0 aliphatic rings. The Bertz CT molecular complexity index is 669. The lowest BCUT2D eigenvalue weighted by Crippen LogP contribution is -2.42. The maximum absolute atomic E-state index is 11.8. The van der Waals surface area contributed by atoms with Gasteiger partial charge in [-0.15, -0.1) is 35.3 Å². The van der Waals surface area contributed by atoms with E-state index >= 15 is 0 Å². The fourth-order valence-corrected chi connectivity index (χ4v) is 2.58. The van der Waals surface area contributed by atoms with E-state index < -0.39 is 0 Å². The van der Waals surface area contributed by atoms with Crippen molar-refractivity contribution in [3.05, 3.63) is 57.8 Å². The third-order valence-electron chi connectivity index (χ3n) is 3.46. The molecule has 25 heavy (non-hydrogen) atoms. The van der Waals surface area contributed by atoms with Crippen molar-refractivity contribution in [2.75, 3.05) is 20.6 Å². The molecule has 0 aliphatic carbocycles. The zero-order valence-electron chi connectivity index (χ0n) is 14.8. The number of amides is 1. The SMILES string of the molecule is Cc1ccc(CN=C(NCC(=O)N(C)C)NCc2cccs2)cc1.I. The lowest BCUT2D eigenvalue weighted by Gasteiger charge is -2.14. The number of guanidine groups is 1. The average molecular weight is 472 g/mol. The van der Waals surface area contributed by atoms with Crippen molar-refractivity contribution in [3.63, 3.8) is 0 Å². The smallest absolute Gasteiger partial charge is 0.241 e. The first-order valence-corrected chi connectivity index (χ1v) is 8.73. The molecule has 7 heteroatoms. The molecule has 2 rings (SSSR count). The molecule has 0 saturated heterocycles. The molecule has 0 aliphatic heterocycles. The van der Waals surface area contributed by atoms with Crippen molar-refractivity contribution in [2.24, 2.45) is 4.99 Å². The number of hydrogen-bond acceptors (Lipinski definition) is 3. The maximum Gasteiger partial charge on any atom is 0.241 e. The Morgan fingerprint density at radius 3 is 2.48 bits per heavy atom. The lowest BCUT2D eigenvalue weighted by molar-refractivity contribution is -0.127. The molecule has 2 aromatic rings. The van der Waals surface area contributed by atoms with Gasteiger partial charge in [0, 0.05) is 19.0 Å². The third-order valence-corrected chi connectivity index (χ3v) is 4.33. The average Bonchev–Trinajstić information content (AvgIpc) is 3.08. The highest BCUT2D eigenvalue weighted by Gasteiger charge is 2.06. The van der Waals surface area contributed by atoms with Crippen LogP contribution in [0.5, 0.6) is 0 Å². The number of aryl methyl sites for hydroxylation is 1. The molecule has 2 N–H and O–H groups in total. The van der Waals surface area contributed by atoms with Crippen molar-refractivity contribution < 1.29 is 4.79 Å². The molecule has 1 heterocycles. The molecule has 0 saturated carbocycles. The van der Waals surface area contributed by atoms with Crippen LogP contribution >= 0.6 is 35.3 Å². The Morgan fingerprint density at radius 2 is 1.88 bits per heavy atom. The summed E-state index contributed by atoms with van der Waals surface area (Å²) in [5, 5.41) is 8.42. The standard InChI is InChI=1S/C18H24N4OS.HI/c1-14-6-8-15(9-7-14)11-19-18(21-13-17(23)22(2)3)20-12-16-5-4-10-24-16;/h4-10H,11-13H2,1-3H3,(H2,19,20,21);1H. The minimum atomic E-state index is 0. The minimum Gasteiger partial charge on any atom is -0.351 e. The number of nitrogens with zero attached hydrogens (tertiary/aromatic N) is 2. The molecule has 0 unspecified atom stereocenters. The number of carbonyl (C=O) groups is 1. The number of likely N-dealkylation sites (N-methyl/N-ethyl adjacent to an activating group) is 1. The van der Waals surface area contributed by atoms with Gasteiger partial charge < -0.3 is 15.5 Å². The van der Waals surface area contributed by atoms with Gasteiger partial charge in [-0.1, -0.05) is 35.9 Å². The summed E-state index contributed by atoms with van der Waals surface area (Å²) in [5.41, 5.74) is 2.37. The van der Waals surface area contributed by atoms with Gasteiger partial charge in [0.15, 0.2) is 5.96 Å². The first-order valence-electron chi connectivity index (χ1n) is 7.85. The zero-order chi connectivity index (χ0) is 17.4. The van der Waals surface area contributed by atoms with Crippen LogP contribution in [-0.2, 0) is 17.9 Å². The fraction of sp³-hybridized carbons (Fsp3) is 0.333. The third kappa shape index (κ3) is 7.87. The van der Waals surface area contributed by atoms with Gasteiger partial charge in [0.05, 0.1) is 19.6 Å². The molecule has 0 spiro atoms. The second-order valence-corrected chi connectivity index (χ2v) is 6.76. The number of hydrogen-bond donors (Lipinski definition) is 2. The summed E-state index contributed by atoms with van der Waals surface area (Å²) in [6.07, 6.45) is 0. The van der Waals surface area contributed by atoms with E-state index in [1.165, 1.54) is 10.4 Å². The van der Waals surface area contributed by atoms with E-state index in [4.69, 9.17) is 0 Å². The monoisotopic (exact) mass is 472 g/mol. The van der Waals surface area contributed by atoms with Crippen LogP contribution in [0.4, 0.5) is 0 Å². The topological polar surface area (TPSA) is 56.7 Å². The highest BCUT2D eigenvalue weighted by molar-refractivity contribution is 14.0. The van der Waals surface area contributed by atoms with Crippen molar-refractivity contribution in [1.82, 2.24) is 15.5 Å². The molecule has 0 bridgehead atoms. The second-order valence-electron chi connectivity index (χ2n) is 5.73. The molecule has 0 radical (unpaired) electrons. The molecule has 1 aromatic carbocycles. The summed E-state index contributed by atoms with van der Waals surface area (Å²) in [4.78, 5) is 19.1. The van der Waals surface area contributed by atoms with Gasteiger partial charge in [0.1, 0.15) is 0 Å². The first kappa shape index (κ1) is 21.4. The molecule has 5 nitrogen and oxygen atoms in total. The van der Waals surface area contributed by atoms with Gasteiger partial charge in [-0.3, -0.25) is 4.79 Å². The number of halogens is 1. The second kappa shape index (κ2) is 11.1.